The molecule has 2 heterocycles. The third kappa shape index (κ3) is 2.51. The van der Waals surface area contributed by atoms with Crippen molar-refractivity contribution in [3.8, 4) is 0 Å². The van der Waals surface area contributed by atoms with E-state index in [0.717, 1.165) is 25.0 Å². The molecule has 114 valence electrons. The Balaban J connectivity index is 2.04. The summed E-state index contributed by atoms with van der Waals surface area (Å²) in [6.45, 7) is 1.56. The number of aromatic amines is 1. The van der Waals surface area contributed by atoms with E-state index < -0.39 is 11.7 Å². The first-order chi connectivity index (χ1) is 9.94. The van der Waals surface area contributed by atoms with E-state index in [1.807, 2.05) is 0 Å². The number of hydrogen-bond donors (Lipinski definition) is 2. The lowest BCUT2D eigenvalue weighted by Gasteiger charge is -2.34. The van der Waals surface area contributed by atoms with Gasteiger partial charge >= 0.3 is 6.18 Å². The predicted molar refractivity (Wildman–Crippen MR) is 71.9 cm³/mol. The SMILES string of the molecule is NCC1(c2nc3ccc(C(F)(F)F)cc3[nH]2)CCOCC1. The van der Waals surface area contributed by atoms with Gasteiger partial charge in [0.05, 0.1) is 16.6 Å². The van der Waals surface area contributed by atoms with Crippen molar-refractivity contribution in [1.82, 2.24) is 9.97 Å². The first kappa shape index (κ1) is 14.3. The number of aromatic nitrogens is 2. The maximum atomic E-state index is 12.7. The highest BCUT2D eigenvalue weighted by Crippen LogP contribution is 2.35. The lowest BCUT2D eigenvalue weighted by molar-refractivity contribution is -0.137. The molecule has 0 atom stereocenters. The zero-order valence-electron chi connectivity index (χ0n) is 11.3. The summed E-state index contributed by atoms with van der Waals surface area (Å²) in [4.78, 5) is 7.47. The average molecular weight is 299 g/mol. The number of nitrogens with one attached hydrogen (secondary N) is 1. The Kier molecular flexibility index (Phi) is 3.41. The molecular weight excluding hydrogens is 283 g/mol. The van der Waals surface area contributed by atoms with E-state index in [4.69, 9.17) is 10.5 Å². The smallest absolute Gasteiger partial charge is 0.381 e. The van der Waals surface area contributed by atoms with Gasteiger partial charge in [-0.25, -0.2) is 4.98 Å². The van der Waals surface area contributed by atoms with Crippen molar-refractivity contribution < 1.29 is 17.9 Å². The van der Waals surface area contributed by atoms with Gasteiger partial charge in [0.15, 0.2) is 0 Å². The summed E-state index contributed by atoms with van der Waals surface area (Å²) in [7, 11) is 0. The highest BCUT2D eigenvalue weighted by molar-refractivity contribution is 5.76. The van der Waals surface area contributed by atoms with Crippen LogP contribution in [0.5, 0.6) is 0 Å². The van der Waals surface area contributed by atoms with Crippen molar-refractivity contribution in [3.63, 3.8) is 0 Å². The summed E-state index contributed by atoms with van der Waals surface area (Å²) < 4.78 is 43.6. The second-order valence-corrected chi connectivity index (χ2v) is 5.41. The highest BCUT2D eigenvalue weighted by atomic mass is 19.4. The molecule has 0 aliphatic carbocycles. The van der Waals surface area contributed by atoms with Crippen LogP contribution in [-0.2, 0) is 16.3 Å². The summed E-state index contributed by atoms with van der Waals surface area (Å²) in [5, 5.41) is 0. The Labute approximate surface area is 119 Å². The van der Waals surface area contributed by atoms with Crippen LogP contribution in [0.25, 0.3) is 11.0 Å². The molecule has 21 heavy (non-hydrogen) atoms. The number of alkyl halides is 3. The second-order valence-electron chi connectivity index (χ2n) is 5.41. The quantitative estimate of drug-likeness (QED) is 0.896. The number of nitrogens with zero attached hydrogens (tertiary/aromatic N) is 1. The van der Waals surface area contributed by atoms with Crippen LogP contribution in [0, 0.1) is 0 Å². The zero-order chi connectivity index (χ0) is 15.1. The molecule has 1 aliphatic rings. The number of hydrogen-bond acceptors (Lipinski definition) is 3. The molecule has 2 aromatic rings. The summed E-state index contributed by atoms with van der Waals surface area (Å²) in [6, 6.07) is 3.53. The topological polar surface area (TPSA) is 63.9 Å². The van der Waals surface area contributed by atoms with Crippen LogP contribution in [0.3, 0.4) is 0 Å². The fourth-order valence-electron chi connectivity index (χ4n) is 2.74. The minimum absolute atomic E-state index is 0.338. The van der Waals surface area contributed by atoms with E-state index in [-0.39, 0.29) is 5.41 Å². The number of fused-ring (bicyclic) bond motifs is 1. The first-order valence-corrected chi connectivity index (χ1v) is 6.80. The molecule has 0 spiro atoms. The maximum Gasteiger partial charge on any atom is 0.416 e. The Morgan fingerprint density at radius 2 is 2.00 bits per heavy atom. The highest BCUT2D eigenvalue weighted by Gasteiger charge is 2.36. The zero-order valence-corrected chi connectivity index (χ0v) is 11.3. The van der Waals surface area contributed by atoms with Crippen molar-refractivity contribution in [2.75, 3.05) is 19.8 Å². The maximum absolute atomic E-state index is 12.7. The Hall–Kier alpha value is -1.60. The number of H-pyrrole nitrogens is 1. The van der Waals surface area contributed by atoms with Crippen LogP contribution in [0.1, 0.15) is 24.2 Å². The molecule has 3 rings (SSSR count). The van der Waals surface area contributed by atoms with Gasteiger partial charge in [0.2, 0.25) is 0 Å². The van der Waals surface area contributed by atoms with Gasteiger partial charge in [-0.3, -0.25) is 0 Å². The van der Waals surface area contributed by atoms with Crippen LogP contribution in [0.15, 0.2) is 18.2 Å². The first-order valence-electron chi connectivity index (χ1n) is 6.80. The molecule has 4 nitrogen and oxygen atoms in total. The Morgan fingerprint density at radius 1 is 1.29 bits per heavy atom. The number of ether oxygens (including phenoxy) is 1. The molecule has 1 saturated heterocycles. The van der Waals surface area contributed by atoms with E-state index in [0.29, 0.717) is 36.6 Å². The molecule has 1 fully saturated rings. The van der Waals surface area contributed by atoms with E-state index in [9.17, 15) is 13.2 Å². The predicted octanol–water partition coefficient (Wildman–Crippen LogP) is 2.59. The van der Waals surface area contributed by atoms with Gasteiger partial charge in [-0.1, -0.05) is 0 Å². The molecule has 1 aromatic heterocycles. The molecule has 0 amide bonds. The third-order valence-electron chi connectivity index (χ3n) is 4.15. The summed E-state index contributed by atoms with van der Waals surface area (Å²) >= 11 is 0. The largest absolute Gasteiger partial charge is 0.416 e. The second kappa shape index (κ2) is 4.99. The molecule has 1 aliphatic heterocycles. The fourth-order valence-corrected chi connectivity index (χ4v) is 2.74. The average Bonchev–Trinajstić information content (AvgIpc) is 2.90. The van der Waals surface area contributed by atoms with Gasteiger partial charge < -0.3 is 15.5 Å². The Bertz CT molecular complexity index is 644. The van der Waals surface area contributed by atoms with Gasteiger partial charge in [0.1, 0.15) is 5.82 Å². The number of rotatable bonds is 2. The van der Waals surface area contributed by atoms with Crippen molar-refractivity contribution in [1.29, 1.82) is 0 Å². The standard InChI is InChI=1S/C14H16F3N3O/c15-14(16,17)9-1-2-10-11(7-9)20-12(19-10)13(8-18)3-5-21-6-4-13/h1-2,7H,3-6,8,18H2,(H,19,20). The van der Waals surface area contributed by atoms with Crippen LogP contribution in [0.2, 0.25) is 0 Å². The summed E-state index contributed by atoms with van der Waals surface area (Å²) in [5.41, 5.74) is 5.79. The molecule has 0 saturated carbocycles. The molecule has 0 bridgehead atoms. The minimum Gasteiger partial charge on any atom is -0.381 e. The van der Waals surface area contributed by atoms with Crippen LogP contribution in [-0.4, -0.2) is 29.7 Å². The molecule has 1 aromatic carbocycles. The lowest BCUT2D eigenvalue weighted by atomic mass is 9.79. The van der Waals surface area contributed by atoms with Crippen molar-refractivity contribution in [3.05, 3.63) is 29.6 Å². The Morgan fingerprint density at radius 3 is 2.62 bits per heavy atom. The third-order valence-corrected chi connectivity index (χ3v) is 4.15. The number of imidazole rings is 1. The summed E-state index contributed by atoms with van der Waals surface area (Å²) in [6.07, 6.45) is -2.92. The van der Waals surface area contributed by atoms with E-state index >= 15 is 0 Å². The number of benzene rings is 1. The fraction of sp³-hybridized carbons (Fsp3) is 0.500. The molecule has 3 N–H and O–H groups in total. The molecular formula is C14H16F3N3O. The van der Waals surface area contributed by atoms with E-state index in [2.05, 4.69) is 9.97 Å². The lowest BCUT2D eigenvalue weighted by Crippen LogP contribution is -2.41. The van der Waals surface area contributed by atoms with E-state index in [1.54, 1.807) is 0 Å². The monoisotopic (exact) mass is 299 g/mol. The van der Waals surface area contributed by atoms with Crippen LogP contribution in [0.4, 0.5) is 13.2 Å². The molecule has 0 unspecified atom stereocenters. The van der Waals surface area contributed by atoms with Crippen molar-refractivity contribution in [2.24, 2.45) is 5.73 Å². The van der Waals surface area contributed by atoms with Crippen LogP contribution >= 0.6 is 0 Å². The molecule has 7 heteroatoms. The summed E-state index contributed by atoms with van der Waals surface area (Å²) in [5.74, 6) is 0.655. The van der Waals surface area contributed by atoms with Gasteiger partial charge in [-0.15, -0.1) is 0 Å². The van der Waals surface area contributed by atoms with Crippen molar-refractivity contribution >= 4 is 11.0 Å². The van der Waals surface area contributed by atoms with Gasteiger partial charge in [-0.05, 0) is 31.0 Å². The van der Waals surface area contributed by atoms with Gasteiger partial charge in [0.25, 0.3) is 0 Å². The van der Waals surface area contributed by atoms with Gasteiger partial charge in [-0.2, -0.15) is 13.2 Å². The van der Waals surface area contributed by atoms with E-state index in [1.165, 1.54) is 6.07 Å². The number of nitrogens with two attached hydrogens (primary N) is 1. The van der Waals surface area contributed by atoms with Crippen LogP contribution < -0.4 is 5.73 Å². The molecule has 0 radical (unpaired) electrons. The number of halogens is 3. The normalized spacial score (nSPS) is 19.0. The van der Waals surface area contributed by atoms with Crippen molar-refractivity contribution in [2.45, 2.75) is 24.4 Å². The van der Waals surface area contributed by atoms with Gasteiger partial charge in [0, 0.05) is 25.2 Å². The minimum atomic E-state index is -4.36.